The van der Waals surface area contributed by atoms with Gasteiger partial charge in [-0.05, 0) is 87.1 Å². The van der Waals surface area contributed by atoms with Gasteiger partial charge in [-0.3, -0.25) is 13.9 Å². The maximum Gasteiger partial charge on any atom is 0.264 e. The molecule has 1 atom stereocenters. The fourth-order valence-electron chi connectivity index (χ4n) is 5.41. The second-order valence-electron chi connectivity index (χ2n) is 11.2. The van der Waals surface area contributed by atoms with Crippen molar-refractivity contribution in [3.05, 3.63) is 94.8 Å². The molecule has 0 aliphatic heterocycles. The van der Waals surface area contributed by atoms with Crippen LogP contribution in [-0.4, -0.2) is 43.8 Å². The zero-order valence-corrected chi connectivity index (χ0v) is 25.6. The molecule has 4 rings (SSSR count). The van der Waals surface area contributed by atoms with E-state index in [1.807, 2.05) is 32.9 Å². The van der Waals surface area contributed by atoms with Crippen LogP contribution in [0.1, 0.15) is 61.3 Å². The largest absolute Gasteiger partial charge is 0.352 e. The first-order valence-corrected chi connectivity index (χ1v) is 15.9. The van der Waals surface area contributed by atoms with E-state index in [1.165, 1.54) is 29.2 Å². The highest BCUT2D eigenvalue weighted by atomic mass is 32.2. The quantitative estimate of drug-likeness (QED) is 0.304. The minimum absolute atomic E-state index is 0.0287. The number of carbonyl (C=O) groups excluding carboxylic acids is 2. The van der Waals surface area contributed by atoms with Crippen molar-refractivity contribution in [3.8, 4) is 0 Å². The zero-order valence-electron chi connectivity index (χ0n) is 24.8. The molecule has 1 aliphatic carbocycles. The van der Waals surface area contributed by atoms with Gasteiger partial charge in [0, 0.05) is 12.6 Å². The number of nitrogens with zero attached hydrogens (tertiary/aromatic N) is 2. The molecule has 0 bridgehead atoms. The monoisotopic (exact) mass is 593 g/mol. The number of aryl methyl sites for hydroxylation is 3. The van der Waals surface area contributed by atoms with Crippen LogP contribution in [0.5, 0.6) is 0 Å². The predicted molar refractivity (Wildman–Crippen MR) is 163 cm³/mol. The highest BCUT2D eigenvalue weighted by Crippen LogP contribution is 2.29. The molecule has 3 aromatic rings. The van der Waals surface area contributed by atoms with Crippen LogP contribution >= 0.6 is 0 Å². The van der Waals surface area contributed by atoms with E-state index >= 15 is 0 Å². The number of benzene rings is 3. The van der Waals surface area contributed by atoms with Crippen molar-refractivity contribution in [2.24, 2.45) is 0 Å². The molecule has 2 amide bonds. The molecule has 1 aliphatic rings. The van der Waals surface area contributed by atoms with E-state index < -0.39 is 34.3 Å². The summed E-state index contributed by atoms with van der Waals surface area (Å²) in [5.74, 6) is -1.20. The lowest BCUT2D eigenvalue weighted by Crippen LogP contribution is -2.53. The lowest BCUT2D eigenvalue weighted by atomic mass is 10.1. The van der Waals surface area contributed by atoms with Gasteiger partial charge in [-0.2, -0.15) is 0 Å². The summed E-state index contributed by atoms with van der Waals surface area (Å²) in [7, 11) is -4.15. The molecule has 0 spiro atoms. The molecule has 0 heterocycles. The summed E-state index contributed by atoms with van der Waals surface area (Å²) >= 11 is 0. The van der Waals surface area contributed by atoms with E-state index in [9.17, 15) is 22.4 Å². The van der Waals surface area contributed by atoms with Crippen LogP contribution < -0.4 is 9.62 Å². The van der Waals surface area contributed by atoms with Crippen molar-refractivity contribution < 1.29 is 22.4 Å². The Kier molecular flexibility index (Phi) is 10.0. The molecular formula is C33H40FN3O4S. The highest BCUT2D eigenvalue weighted by molar-refractivity contribution is 7.92. The van der Waals surface area contributed by atoms with Gasteiger partial charge in [0.2, 0.25) is 11.8 Å². The van der Waals surface area contributed by atoms with Crippen LogP contribution in [0.3, 0.4) is 0 Å². The summed E-state index contributed by atoms with van der Waals surface area (Å²) in [5.41, 5.74) is 3.48. The molecular weight excluding hydrogens is 553 g/mol. The van der Waals surface area contributed by atoms with E-state index in [0.29, 0.717) is 23.2 Å². The molecule has 0 unspecified atom stereocenters. The molecule has 1 N–H and O–H groups in total. The van der Waals surface area contributed by atoms with Gasteiger partial charge >= 0.3 is 0 Å². The zero-order chi connectivity index (χ0) is 30.4. The van der Waals surface area contributed by atoms with E-state index in [4.69, 9.17) is 0 Å². The molecule has 224 valence electrons. The third-order valence-corrected chi connectivity index (χ3v) is 9.65. The van der Waals surface area contributed by atoms with Gasteiger partial charge in [-0.25, -0.2) is 12.8 Å². The fraction of sp³-hybridized carbons (Fsp3) is 0.394. The second kappa shape index (κ2) is 13.5. The average Bonchev–Trinajstić information content (AvgIpc) is 3.47. The Labute approximate surface area is 248 Å². The SMILES string of the molecule is CC[C@H](C(=O)NC1CCCC1)N(Cc1ccc(F)cc1)C(=O)CN(c1cc(C)ccc1C)S(=O)(=O)c1ccc(C)cc1. The van der Waals surface area contributed by atoms with Gasteiger partial charge in [0.1, 0.15) is 18.4 Å². The molecule has 42 heavy (non-hydrogen) atoms. The van der Waals surface area contributed by atoms with Crippen molar-refractivity contribution >= 4 is 27.5 Å². The summed E-state index contributed by atoms with van der Waals surface area (Å²) in [6.45, 7) is 6.89. The Morgan fingerprint density at radius 3 is 2.17 bits per heavy atom. The summed E-state index contributed by atoms with van der Waals surface area (Å²) in [6, 6.07) is 17.0. The van der Waals surface area contributed by atoms with Crippen LogP contribution in [0.15, 0.2) is 71.6 Å². The third-order valence-electron chi connectivity index (χ3n) is 7.87. The van der Waals surface area contributed by atoms with E-state index in [2.05, 4.69) is 5.32 Å². The van der Waals surface area contributed by atoms with Gasteiger partial charge < -0.3 is 10.2 Å². The number of nitrogens with one attached hydrogen (secondary N) is 1. The topological polar surface area (TPSA) is 86.8 Å². The lowest BCUT2D eigenvalue weighted by Gasteiger charge is -2.34. The number of rotatable bonds is 11. The molecule has 3 aromatic carbocycles. The number of hydrogen-bond acceptors (Lipinski definition) is 4. The summed E-state index contributed by atoms with van der Waals surface area (Å²) in [6.07, 6.45) is 4.20. The number of anilines is 1. The maximum atomic E-state index is 14.2. The highest BCUT2D eigenvalue weighted by Gasteiger charge is 2.35. The number of halogens is 1. The average molecular weight is 594 g/mol. The second-order valence-corrected chi connectivity index (χ2v) is 13.0. The fourth-order valence-corrected chi connectivity index (χ4v) is 6.88. The summed E-state index contributed by atoms with van der Waals surface area (Å²) in [5, 5.41) is 3.10. The normalized spacial score (nSPS) is 14.4. The van der Waals surface area contributed by atoms with Crippen molar-refractivity contribution in [2.45, 2.75) is 83.3 Å². The van der Waals surface area contributed by atoms with Crippen molar-refractivity contribution in [3.63, 3.8) is 0 Å². The van der Waals surface area contributed by atoms with Gasteiger partial charge in [0.05, 0.1) is 10.6 Å². The van der Waals surface area contributed by atoms with Crippen LogP contribution in [0.4, 0.5) is 10.1 Å². The molecule has 0 radical (unpaired) electrons. The molecule has 0 aromatic heterocycles. The Bertz CT molecular complexity index is 1500. The van der Waals surface area contributed by atoms with Crippen LogP contribution in [0.2, 0.25) is 0 Å². The first-order valence-electron chi connectivity index (χ1n) is 14.5. The Balaban J connectivity index is 1.74. The minimum Gasteiger partial charge on any atom is -0.352 e. The number of sulfonamides is 1. The first-order chi connectivity index (χ1) is 20.0. The van der Waals surface area contributed by atoms with Gasteiger partial charge in [0.25, 0.3) is 10.0 Å². The molecule has 1 saturated carbocycles. The minimum atomic E-state index is -4.15. The van der Waals surface area contributed by atoms with Crippen LogP contribution in [0, 0.1) is 26.6 Å². The Morgan fingerprint density at radius 2 is 1.55 bits per heavy atom. The number of carbonyl (C=O) groups is 2. The van der Waals surface area contributed by atoms with E-state index in [1.54, 1.807) is 37.3 Å². The smallest absolute Gasteiger partial charge is 0.264 e. The van der Waals surface area contributed by atoms with Crippen molar-refractivity contribution in [1.82, 2.24) is 10.2 Å². The first kappa shape index (κ1) is 31.2. The van der Waals surface area contributed by atoms with Gasteiger partial charge in [-0.15, -0.1) is 0 Å². The van der Waals surface area contributed by atoms with Crippen LogP contribution in [-0.2, 0) is 26.2 Å². The third kappa shape index (κ3) is 7.37. The van der Waals surface area contributed by atoms with Crippen LogP contribution in [0.25, 0.3) is 0 Å². The molecule has 0 saturated heterocycles. The predicted octanol–water partition coefficient (Wildman–Crippen LogP) is 5.81. The van der Waals surface area contributed by atoms with Crippen molar-refractivity contribution in [1.29, 1.82) is 0 Å². The molecule has 7 nitrogen and oxygen atoms in total. The standard InChI is InChI=1S/C33H40FN3O4S/c1-5-30(33(39)35-28-8-6-7-9-28)36(21-26-14-16-27(34)17-15-26)32(38)22-37(31-20-24(3)10-13-25(31)4)42(40,41)29-18-11-23(2)12-19-29/h10-20,28,30H,5-9,21-22H2,1-4H3,(H,35,39)/t30-/m1/s1. The van der Waals surface area contributed by atoms with E-state index in [-0.39, 0.29) is 23.4 Å². The lowest BCUT2D eigenvalue weighted by molar-refractivity contribution is -0.140. The van der Waals surface area contributed by atoms with Crippen molar-refractivity contribution in [2.75, 3.05) is 10.8 Å². The molecule has 1 fully saturated rings. The number of amides is 2. The summed E-state index contributed by atoms with van der Waals surface area (Å²) in [4.78, 5) is 29.3. The molecule has 9 heteroatoms. The van der Waals surface area contributed by atoms with Gasteiger partial charge in [0.15, 0.2) is 0 Å². The Morgan fingerprint density at radius 1 is 0.929 bits per heavy atom. The summed E-state index contributed by atoms with van der Waals surface area (Å²) < 4.78 is 43.0. The number of hydrogen-bond donors (Lipinski definition) is 1. The maximum absolute atomic E-state index is 14.2. The van der Waals surface area contributed by atoms with Gasteiger partial charge in [-0.1, -0.05) is 61.7 Å². The van der Waals surface area contributed by atoms with E-state index in [0.717, 1.165) is 41.1 Å². The Hall–Kier alpha value is -3.72.